The van der Waals surface area contributed by atoms with Crippen LogP contribution in [0.1, 0.15) is 5.56 Å². The van der Waals surface area contributed by atoms with Crippen molar-refractivity contribution >= 4 is 17.8 Å². The minimum atomic E-state index is -0.399. The number of carbonyl (C=O) groups excluding carboxylic acids is 1. The van der Waals surface area contributed by atoms with Crippen molar-refractivity contribution in [3.63, 3.8) is 0 Å². The quantitative estimate of drug-likeness (QED) is 0.762. The molecule has 1 aromatic carbocycles. The second kappa shape index (κ2) is 3.48. The van der Waals surface area contributed by atoms with Gasteiger partial charge in [0.25, 0.3) is 0 Å². The molecule has 0 saturated heterocycles. The maximum absolute atomic E-state index is 11.7. The molecule has 1 N–H and O–H groups in total. The zero-order valence-corrected chi connectivity index (χ0v) is 8.46. The monoisotopic (exact) mass is 214 g/mol. The van der Waals surface area contributed by atoms with Crippen LogP contribution in [0.3, 0.4) is 0 Å². The van der Waals surface area contributed by atoms with Crippen LogP contribution >= 0.6 is 0 Å². The highest BCUT2D eigenvalue weighted by molar-refractivity contribution is 6.00. The van der Waals surface area contributed by atoms with Gasteiger partial charge in [0.1, 0.15) is 5.92 Å². The third-order valence-electron chi connectivity index (χ3n) is 2.77. The minimum Gasteiger partial charge on any atom is -0.475 e. The van der Waals surface area contributed by atoms with Crippen molar-refractivity contribution in [2.24, 2.45) is 10.9 Å². The van der Waals surface area contributed by atoms with Crippen molar-refractivity contribution in [2.45, 2.75) is 6.23 Å². The summed E-state index contributed by atoms with van der Waals surface area (Å²) in [4.78, 5) is 15.8. The maximum atomic E-state index is 11.7. The number of ether oxygens (including phenoxy) is 1. The normalized spacial score (nSPS) is 26.8. The Hall–Kier alpha value is -2.10. The molecular formula is C12H10N2O2. The van der Waals surface area contributed by atoms with Crippen LogP contribution in [0.4, 0.5) is 0 Å². The van der Waals surface area contributed by atoms with Gasteiger partial charge in [0.2, 0.25) is 12.1 Å². The zero-order valence-electron chi connectivity index (χ0n) is 8.46. The van der Waals surface area contributed by atoms with Crippen LogP contribution in [0, 0.1) is 5.92 Å². The first-order valence-electron chi connectivity index (χ1n) is 5.09. The molecule has 2 unspecified atom stereocenters. The summed E-state index contributed by atoms with van der Waals surface area (Å²) in [5.74, 6) is -0.389. The Kier molecular flexibility index (Phi) is 1.99. The number of aliphatic imine (C=N–C) groups is 1. The van der Waals surface area contributed by atoms with Crippen molar-refractivity contribution in [2.75, 3.05) is 0 Å². The van der Waals surface area contributed by atoms with Gasteiger partial charge in [-0.25, -0.2) is 4.99 Å². The smallest absolute Gasteiger partial charge is 0.238 e. The number of nitrogens with one attached hydrogen (secondary N) is 1. The van der Waals surface area contributed by atoms with E-state index in [1.807, 2.05) is 30.3 Å². The molecule has 0 spiro atoms. The number of amides is 1. The number of fused-ring (bicyclic) bond motifs is 1. The Morgan fingerprint density at radius 3 is 2.88 bits per heavy atom. The van der Waals surface area contributed by atoms with Crippen LogP contribution in [0.25, 0.3) is 5.57 Å². The average molecular weight is 214 g/mol. The van der Waals surface area contributed by atoms with Crippen molar-refractivity contribution < 1.29 is 9.53 Å². The van der Waals surface area contributed by atoms with Crippen molar-refractivity contribution in [3.05, 3.63) is 42.2 Å². The van der Waals surface area contributed by atoms with E-state index in [0.717, 1.165) is 11.1 Å². The Morgan fingerprint density at radius 1 is 1.25 bits per heavy atom. The maximum Gasteiger partial charge on any atom is 0.238 e. The van der Waals surface area contributed by atoms with Crippen LogP contribution in [0.5, 0.6) is 0 Å². The fraction of sp³-hybridized carbons (Fsp3) is 0.167. The first kappa shape index (κ1) is 9.15. The topological polar surface area (TPSA) is 50.7 Å². The highest BCUT2D eigenvalue weighted by Gasteiger charge is 2.39. The number of carbonyl (C=O) groups is 1. The molecule has 3 rings (SSSR count). The van der Waals surface area contributed by atoms with Crippen molar-refractivity contribution in [1.29, 1.82) is 0 Å². The van der Waals surface area contributed by atoms with E-state index in [0.29, 0.717) is 0 Å². The van der Waals surface area contributed by atoms with Crippen LogP contribution in [-0.4, -0.2) is 18.5 Å². The number of hydrogen-bond acceptors (Lipinski definition) is 3. The van der Waals surface area contributed by atoms with Crippen molar-refractivity contribution in [3.8, 4) is 0 Å². The van der Waals surface area contributed by atoms with E-state index in [2.05, 4.69) is 10.3 Å². The largest absolute Gasteiger partial charge is 0.475 e. The van der Waals surface area contributed by atoms with Gasteiger partial charge in [0.05, 0.1) is 12.6 Å². The summed E-state index contributed by atoms with van der Waals surface area (Å²) in [6, 6.07) is 9.74. The van der Waals surface area contributed by atoms with E-state index >= 15 is 0 Å². The van der Waals surface area contributed by atoms with Gasteiger partial charge >= 0.3 is 0 Å². The molecule has 0 aromatic heterocycles. The Bertz CT molecular complexity index is 479. The lowest BCUT2D eigenvalue weighted by Crippen LogP contribution is -2.39. The molecule has 80 valence electrons. The Morgan fingerprint density at radius 2 is 2.06 bits per heavy atom. The predicted octanol–water partition coefficient (Wildman–Crippen LogP) is 1.16. The standard InChI is InChI=1S/C12H10N2O2/c15-11-10-9(8-4-2-1-3-5-8)6-16-12(10)14-7-13-11/h1-7,10,12H,(H,13,14,15). The van der Waals surface area contributed by atoms with Crippen LogP contribution < -0.4 is 5.32 Å². The molecular weight excluding hydrogens is 204 g/mol. The van der Waals surface area contributed by atoms with Crippen LogP contribution in [0.15, 0.2) is 41.6 Å². The number of benzene rings is 1. The van der Waals surface area contributed by atoms with Gasteiger partial charge in [0, 0.05) is 5.57 Å². The number of rotatable bonds is 1. The summed E-state index contributed by atoms with van der Waals surface area (Å²) in [6.45, 7) is 0. The minimum absolute atomic E-state index is 0.0624. The molecule has 2 heterocycles. The first-order chi connectivity index (χ1) is 7.86. The molecule has 0 aliphatic carbocycles. The van der Waals surface area contributed by atoms with E-state index in [4.69, 9.17) is 4.74 Å². The van der Waals surface area contributed by atoms with Gasteiger partial charge in [-0.05, 0) is 5.56 Å². The van der Waals surface area contributed by atoms with Crippen LogP contribution in [0.2, 0.25) is 0 Å². The molecule has 16 heavy (non-hydrogen) atoms. The molecule has 4 heteroatoms. The first-order valence-corrected chi connectivity index (χ1v) is 5.09. The van der Waals surface area contributed by atoms with Gasteiger partial charge in [-0.15, -0.1) is 0 Å². The van der Waals surface area contributed by atoms with E-state index in [-0.39, 0.29) is 11.8 Å². The Labute approximate surface area is 92.6 Å². The van der Waals surface area contributed by atoms with Gasteiger partial charge < -0.3 is 10.1 Å². The highest BCUT2D eigenvalue weighted by atomic mass is 16.5. The van der Waals surface area contributed by atoms with Gasteiger partial charge in [-0.2, -0.15) is 0 Å². The lowest BCUT2D eigenvalue weighted by molar-refractivity contribution is -0.124. The van der Waals surface area contributed by atoms with Crippen LogP contribution in [-0.2, 0) is 9.53 Å². The highest BCUT2D eigenvalue weighted by Crippen LogP contribution is 2.35. The fourth-order valence-corrected chi connectivity index (χ4v) is 1.98. The molecule has 1 aromatic rings. The number of hydrogen-bond donors (Lipinski definition) is 1. The predicted molar refractivity (Wildman–Crippen MR) is 59.4 cm³/mol. The molecule has 4 nitrogen and oxygen atoms in total. The third-order valence-corrected chi connectivity index (χ3v) is 2.77. The lowest BCUT2D eigenvalue weighted by Gasteiger charge is -2.20. The molecule has 0 radical (unpaired) electrons. The molecule has 2 aliphatic heterocycles. The second-order valence-electron chi connectivity index (χ2n) is 3.73. The van der Waals surface area contributed by atoms with Gasteiger partial charge in [-0.3, -0.25) is 4.79 Å². The van der Waals surface area contributed by atoms with E-state index in [1.165, 1.54) is 6.34 Å². The van der Waals surface area contributed by atoms with Gasteiger partial charge in [0.15, 0.2) is 0 Å². The summed E-state index contributed by atoms with van der Waals surface area (Å²) in [5.41, 5.74) is 1.89. The zero-order chi connectivity index (χ0) is 11.0. The summed E-state index contributed by atoms with van der Waals surface area (Å²) >= 11 is 0. The summed E-state index contributed by atoms with van der Waals surface area (Å²) in [7, 11) is 0. The third kappa shape index (κ3) is 1.31. The SMILES string of the molecule is O=C1NC=NC2OC=C(c3ccccc3)C12. The van der Waals surface area contributed by atoms with E-state index in [1.54, 1.807) is 6.26 Å². The molecule has 0 fully saturated rings. The molecule has 2 aliphatic rings. The summed E-state index contributed by atoms with van der Waals surface area (Å²) in [6.07, 6.45) is 2.63. The lowest BCUT2D eigenvalue weighted by atomic mass is 9.92. The van der Waals surface area contributed by atoms with Crippen molar-refractivity contribution in [1.82, 2.24) is 5.32 Å². The molecule has 0 saturated carbocycles. The average Bonchev–Trinajstić information content (AvgIpc) is 2.75. The molecule has 2 atom stereocenters. The number of nitrogens with zero attached hydrogens (tertiary/aromatic N) is 1. The molecule has 1 amide bonds. The summed E-state index contributed by atoms with van der Waals surface area (Å²) in [5, 5.41) is 2.60. The van der Waals surface area contributed by atoms with E-state index < -0.39 is 6.23 Å². The Balaban J connectivity index is 1.99. The second-order valence-corrected chi connectivity index (χ2v) is 3.73. The fourth-order valence-electron chi connectivity index (χ4n) is 1.98. The summed E-state index contributed by atoms with van der Waals surface area (Å²) < 4.78 is 5.37. The molecule has 0 bridgehead atoms. The van der Waals surface area contributed by atoms with E-state index in [9.17, 15) is 4.79 Å². The van der Waals surface area contributed by atoms with Gasteiger partial charge in [-0.1, -0.05) is 30.3 Å².